The SMILES string of the molecule is COc1cccc(C23CC(c4ccccc4)(C2)C3C2CCCC2)n1. The van der Waals surface area contributed by atoms with Crippen molar-refractivity contribution in [2.45, 2.75) is 49.4 Å². The maximum Gasteiger partial charge on any atom is 0.213 e. The van der Waals surface area contributed by atoms with Crippen LogP contribution < -0.4 is 4.74 Å². The van der Waals surface area contributed by atoms with Crippen molar-refractivity contribution in [2.75, 3.05) is 7.11 Å². The number of pyridine rings is 1. The maximum absolute atomic E-state index is 5.40. The molecule has 1 atom stereocenters. The van der Waals surface area contributed by atoms with Gasteiger partial charge in [0.15, 0.2) is 0 Å². The van der Waals surface area contributed by atoms with Gasteiger partial charge in [0.1, 0.15) is 0 Å². The fourth-order valence-corrected chi connectivity index (χ4v) is 6.27. The summed E-state index contributed by atoms with van der Waals surface area (Å²) in [5.41, 5.74) is 3.56. The topological polar surface area (TPSA) is 22.1 Å². The number of hydrogen-bond acceptors (Lipinski definition) is 2. The van der Waals surface area contributed by atoms with Crippen LogP contribution in [0.25, 0.3) is 0 Å². The first-order valence-corrected chi connectivity index (χ1v) is 9.36. The highest BCUT2D eigenvalue weighted by atomic mass is 16.5. The normalized spacial score (nSPS) is 34.5. The van der Waals surface area contributed by atoms with Gasteiger partial charge in [-0.05, 0) is 36.3 Å². The lowest BCUT2D eigenvalue weighted by atomic mass is 9.25. The number of benzene rings is 1. The zero-order valence-corrected chi connectivity index (χ0v) is 14.4. The third kappa shape index (κ3) is 1.75. The number of hydrogen-bond donors (Lipinski definition) is 0. The fourth-order valence-electron chi connectivity index (χ4n) is 6.27. The van der Waals surface area contributed by atoms with Gasteiger partial charge in [0.05, 0.1) is 12.8 Å². The molecule has 1 heterocycles. The van der Waals surface area contributed by atoms with Crippen molar-refractivity contribution in [1.29, 1.82) is 0 Å². The van der Waals surface area contributed by atoms with Crippen molar-refractivity contribution < 1.29 is 4.74 Å². The van der Waals surface area contributed by atoms with E-state index >= 15 is 0 Å². The number of rotatable bonds is 4. The van der Waals surface area contributed by atoms with Crippen LogP contribution in [0.4, 0.5) is 0 Å². The summed E-state index contributed by atoms with van der Waals surface area (Å²) in [6, 6.07) is 17.6. The monoisotopic (exact) mass is 319 g/mol. The molecule has 0 aliphatic heterocycles. The lowest BCUT2D eigenvalue weighted by Crippen LogP contribution is -2.77. The Balaban J connectivity index is 1.54. The van der Waals surface area contributed by atoms with Gasteiger partial charge in [-0.15, -0.1) is 0 Å². The van der Waals surface area contributed by atoms with Crippen LogP contribution in [0.2, 0.25) is 0 Å². The molecule has 4 aliphatic rings. The highest BCUT2D eigenvalue weighted by Crippen LogP contribution is 2.80. The van der Waals surface area contributed by atoms with Crippen molar-refractivity contribution in [3.8, 4) is 5.88 Å². The molecule has 6 rings (SSSR count). The summed E-state index contributed by atoms with van der Waals surface area (Å²) in [6.07, 6.45) is 8.17. The van der Waals surface area contributed by atoms with Gasteiger partial charge in [0.2, 0.25) is 5.88 Å². The van der Waals surface area contributed by atoms with E-state index in [2.05, 4.69) is 42.5 Å². The minimum Gasteiger partial charge on any atom is -0.481 e. The maximum atomic E-state index is 5.40. The van der Waals surface area contributed by atoms with Crippen LogP contribution in [0.1, 0.15) is 49.8 Å². The van der Waals surface area contributed by atoms with Crippen LogP contribution in [-0.2, 0) is 10.8 Å². The van der Waals surface area contributed by atoms with Crippen molar-refractivity contribution >= 4 is 0 Å². The Morgan fingerprint density at radius 1 is 0.917 bits per heavy atom. The van der Waals surface area contributed by atoms with Gasteiger partial charge in [-0.25, -0.2) is 4.98 Å². The quantitative estimate of drug-likeness (QED) is 0.801. The summed E-state index contributed by atoms with van der Waals surface area (Å²) in [7, 11) is 1.72. The number of aromatic nitrogens is 1. The van der Waals surface area contributed by atoms with Gasteiger partial charge < -0.3 is 4.74 Å². The van der Waals surface area contributed by atoms with E-state index in [4.69, 9.17) is 9.72 Å². The second kappa shape index (κ2) is 5.08. The summed E-state index contributed by atoms with van der Waals surface area (Å²) in [4.78, 5) is 4.85. The summed E-state index contributed by atoms with van der Waals surface area (Å²) in [5.74, 6) is 2.41. The van der Waals surface area contributed by atoms with E-state index in [0.717, 1.165) is 17.7 Å². The lowest BCUT2D eigenvalue weighted by molar-refractivity contribution is -0.186. The van der Waals surface area contributed by atoms with Gasteiger partial charge >= 0.3 is 0 Å². The van der Waals surface area contributed by atoms with Crippen LogP contribution in [0.3, 0.4) is 0 Å². The van der Waals surface area contributed by atoms with E-state index in [1.807, 2.05) is 6.07 Å². The average Bonchev–Trinajstić information content (AvgIpc) is 3.07. The Bertz CT molecular complexity index is 742. The van der Waals surface area contributed by atoms with Crippen LogP contribution >= 0.6 is 0 Å². The molecule has 2 heteroatoms. The van der Waals surface area contributed by atoms with Crippen LogP contribution in [-0.4, -0.2) is 12.1 Å². The predicted octanol–water partition coefficient (Wildman–Crippen LogP) is 4.88. The zero-order chi connectivity index (χ0) is 16.2. The van der Waals surface area contributed by atoms with Gasteiger partial charge in [-0.2, -0.15) is 0 Å². The molecule has 2 nitrogen and oxygen atoms in total. The number of ether oxygens (including phenoxy) is 1. The van der Waals surface area contributed by atoms with E-state index in [1.165, 1.54) is 44.2 Å². The lowest BCUT2D eigenvalue weighted by Gasteiger charge is -2.78. The molecule has 0 radical (unpaired) electrons. The summed E-state index contributed by atoms with van der Waals surface area (Å²) >= 11 is 0. The third-order valence-electron chi connectivity index (χ3n) is 7.12. The van der Waals surface area contributed by atoms with Crippen molar-refractivity contribution in [2.24, 2.45) is 11.8 Å². The van der Waals surface area contributed by atoms with Gasteiger partial charge in [0, 0.05) is 16.9 Å². The van der Waals surface area contributed by atoms with Gasteiger partial charge in [0.25, 0.3) is 0 Å². The largest absolute Gasteiger partial charge is 0.481 e. The molecule has 4 aliphatic carbocycles. The van der Waals surface area contributed by atoms with E-state index in [1.54, 1.807) is 12.7 Å². The molecule has 24 heavy (non-hydrogen) atoms. The summed E-state index contributed by atoms with van der Waals surface area (Å²) in [6.45, 7) is 0. The zero-order valence-electron chi connectivity index (χ0n) is 14.4. The van der Waals surface area contributed by atoms with Crippen LogP contribution in [0.15, 0.2) is 48.5 Å². The van der Waals surface area contributed by atoms with E-state index in [0.29, 0.717) is 10.8 Å². The molecule has 2 aromatic rings. The van der Waals surface area contributed by atoms with Gasteiger partial charge in [-0.3, -0.25) is 0 Å². The van der Waals surface area contributed by atoms with Gasteiger partial charge in [-0.1, -0.05) is 62.1 Å². The van der Waals surface area contributed by atoms with E-state index in [9.17, 15) is 0 Å². The van der Waals surface area contributed by atoms with E-state index in [-0.39, 0.29) is 0 Å². The molecular formula is C22H25NO. The minimum absolute atomic E-state index is 0.305. The third-order valence-corrected chi connectivity index (χ3v) is 7.12. The molecule has 4 fully saturated rings. The molecule has 124 valence electrons. The Morgan fingerprint density at radius 2 is 1.67 bits per heavy atom. The summed E-state index contributed by atoms with van der Waals surface area (Å²) in [5, 5.41) is 0. The average molecular weight is 319 g/mol. The summed E-state index contributed by atoms with van der Waals surface area (Å²) < 4.78 is 5.40. The fraction of sp³-hybridized carbons (Fsp3) is 0.500. The standard InChI is InChI=1S/C22H25NO/c1-24-19-13-7-12-18(23-19)22-14-21(15-22,17-10-3-2-4-11-17)20(22)16-8-5-6-9-16/h2-4,7,10-13,16,20H,5-6,8-9,14-15H2,1H3. The first-order chi connectivity index (χ1) is 11.8. The van der Waals surface area contributed by atoms with Crippen LogP contribution in [0.5, 0.6) is 5.88 Å². The molecule has 1 aromatic carbocycles. The predicted molar refractivity (Wildman–Crippen MR) is 95.3 cm³/mol. The van der Waals surface area contributed by atoms with Crippen molar-refractivity contribution in [3.05, 3.63) is 59.8 Å². The molecule has 0 saturated heterocycles. The van der Waals surface area contributed by atoms with Crippen molar-refractivity contribution in [3.63, 3.8) is 0 Å². The molecule has 1 aromatic heterocycles. The Hall–Kier alpha value is -1.83. The van der Waals surface area contributed by atoms with E-state index < -0.39 is 0 Å². The van der Waals surface area contributed by atoms with Crippen molar-refractivity contribution in [1.82, 2.24) is 4.98 Å². The Labute approximate surface area is 144 Å². The minimum atomic E-state index is 0.305. The first-order valence-electron chi connectivity index (χ1n) is 9.36. The number of methoxy groups -OCH3 is 1. The molecule has 0 amide bonds. The Kier molecular flexibility index (Phi) is 3.07. The molecule has 0 spiro atoms. The highest BCUT2D eigenvalue weighted by Gasteiger charge is 2.78. The smallest absolute Gasteiger partial charge is 0.213 e. The molecular weight excluding hydrogens is 294 g/mol. The highest BCUT2D eigenvalue weighted by molar-refractivity contribution is 5.50. The first kappa shape index (κ1) is 14.5. The van der Waals surface area contributed by atoms with Crippen LogP contribution in [0, 0.1) is 11.8 Å². The molecule has 4 saturated carbocycles. The second-order valence-electron chi connectivity index (χ2n) is 8.12. The molecule has 1 unspecified atom stereocenters. The Morgan fingerprint density at radius 3 is 2.38 bits per heavy atom. The second-order valence-corrected chi connectivity index (χ2v) is 8.12. The number of nitrogens with zero attached hydrogens (tertiary/aromatic N) is 1. The molecule has 0 N–H and O–H groups in total. The molecule has 2 bridgehead atoms.